The first-order valence-corrected chi connectivity index (χ1v) is 2.59. The Balaban J connectivity index is 0.000000162. The van der Waals surface area contributed by atoms with Gasteiger partial charge in [0.05, 0.1) is 12.9 Å². The van der Waals surface area contributed by atoms with Gasteiger partial charge in [-0.05, 0) is 0 Å². The van der Waals surface area contributed by atoms with E-state index in [2.05, 4.69) is 10.3 Å². The van der Waals surface area contributed by atoms with Crippen LogP contribution in [0.4, 0.5) is 17.3 Å². The van der Waals surface area contributed by atoms with Crippen LogP contribution in [0, 0.1) is 0 Å². The summed E-state index contributed by atoms with van der Waals surface area (Å²) in [7, 11) is -6.00. The molecule has 0 aromatic heterocycles. The highest BCUT2D eigenvalue weighted by molar-refractivity contribution is 6.50. The molecule has 0 unspecified atom stereocenters. The van der Waals surface area contributed by atoms with Crippen molar-refractivity contribution in [2.24, 2.45) is 4.99 Å². The minimum Gasteiger partial charge on any atom is -0.418 e. The molecule has 0 saturated carbocycles. The fourth-order valence-corrected chi connectivity index (χ4v) is 0.323. The molecule has 10 heavy (non-hydrogen) atoms. The molecule has 0 aromatic carbocycles. The molecule has 1 heterocycles. The van der Waals surface area contributed by atoms with Crippen molar-refractivity contribution in [3.8, 4) is 0 Å². The van der Waals surface area contributed by atoms with Crippen molar-refractivity contribution in [3.05, 3.63) is 0 Å². The number of rotatable bonds is 0. The Morgan fingerprint density at radius 3 is 1.90 bits per heavy atom. The quantitative estimate of drug-likeness (QED) is 0.410. The molecule has 0 amide bonds. The summed E-state index contributed by atoms with van der Waals surface area (Å²) in [6, 6.07) is 0. The Labute approximate surface area is 55.4 Å². The summed E-state index contributed by atoms with van der Waals surface area (Å²) in [6.45, 7) is 1.99. The predicted octanol–water partition coefficient (Wildman–Crippen LogP) is 0.918. The second kappa shape index (κ2) is 4.13. The molecular formula is C3H6BF4N2-. The summed E-state index contributed by atoms with van der Waals surface area (Å²) < 4.78 is 39.0. The minimum absolute atomic E-state index is 0.958. The third kappa shape index (κ3) is 15.7. The highest BCUT2D eigenvalue weighted by Gasteiger charge is 2.20. The van der Waals surface area contributed by atoms with E-state index in [9.17, 15) is 17.3 Å². The molecule has 60 valence electrons. The topological polar surface area (TPSA) is 24.4 Å². The first-order valence-electron chi connectivity index (χ1n) is 2.59. The summed E-state index contributed by atoms with van der Waals surface area (Å²) in [5, 5.41) is 2.93. The molecule has 2 nitrogen and oxygen atoms in total. The van der Waals surface area contributed by atoms with Gasteiger partial charge in [-0.1, -0.05) is 0 Å². The van der Waals surface area contributed by atoms with Crippen LogP contribution in [0.2, 0.25) is 0 Å². The molecule has 0 saturated heterocycles. The van der Waals surface area contributed by atoms with Gasteiger partial charge in [-0.15, -0.1) is 0 Å². The lowest BCUT2D eigenvalue weighted by Crippen LogP contribution is -2.04. The standard InChI is InChI=1S/C3H6N2.BF4/c1-2-5-3-4-1;2-1(3,4)5/h3H,1-2H2,(H,4,5);/q;-1. The normalized spacial score (nSPS) is 15.6. The lowest BCUT2D eigenvalue weighted by molar-refractivity contribution is 0.368. The summed E-state index contributed by atoms with van der Waals surface area (Å²) in [5.41, 5.74) is 0. The van der Waals surface area contributed by atoms with E-state index in [4.69, 9.17) is 0 Å². The van der Waals surface area contributed by atoms with E-state index in [-0.39, 0.29) is 0 Å². The van der Waals surface area contributed by atoms with Crippen molar-refractivity contribution in [2.75, 3.05) is 13.1 Å². The monoisotopic (exact) mass is 157 g/mol. The fraction of sp³-hybridized carbons (Fsp3) is 0.667. The second-order valence-corrected chi connectivity index (χ2v) is 1.48. The van der Waals surface area contributed by atoms with Gasteiger partial charge in [-0.25, -0.2) is 0 Å². The van der Waals surface area contributed by atoms with Crippen LogP contribution in [0.1, 0.15) is 0 Å². The van der Waals surface area contributed by atoms with Crippen LogP contribution in [0.25, 0.3) is 0 Å². The maximum atomic E-state index is 9.75. The predicted molar refractivity (Wildman–Crippen MR) is 31.5 cm³/mol. The van der Waals surface area contributed by atoms with Gasteiger partial charge in [0.25, 0.3) is 0 Å². The molecule has 1 aliphatic heterocycles. The largest absolute Gasteiger partial charge is 0.673 e. The van der Waals surface area contributed by atoms with Crippen LogP contribution in [0.3, 0.4) is 0 Å². The summed E-state index contributed by atoms with van der Waals surface area (Å²) >= 11 is 0. The van der Waals surface area contributed by atoms with Crippen molar-refractivity contribution in [1.82, 2.24) is 5.32 Å². The van der Waals surface area contributed by atoms with Gasteiger partial charge >= 0.3 is 7.25 Å². The third-order valence-electron chi connectivity index (χ3n) is 0.568. The van der Waals surface area contributed by atoms with E-state index >= 15 is 0 Å². The number of aliphatic imine (C=N–C) groups is 1. The van der Waals surface area contributed by atoms with Gasteiger partial charge in [0.1, 0.15) is 0 Å². The lowest BCUT2D eigenvalue weighted by Gasteiger charge is -1.94. The van der Waals surface area contributed by atoms with Crippen LogP contribution in [-0.4, -0.2) is 26.7 Å². The average molecular weight is 157 g/mol. The third-order valence-corrected chi connectivity index (χ3v) is 0.568. The lowest BCUT2D eigenvalue weighted by atomic mass is 10.3. The van der Waals surface area contributed by atoms with E-state index in [0.29, 0.717) is 0 Å². The molecular weight excluding hydrogens is 151 g/mol. The van der Waals surface area contributed by atoms with Crippen molar-refractivity contribution < 1.29 is 17.3 Å². The SMILES string of the molecule is C1=NCCN1.F[B-](F)(F)F. The first-order chi connectivity index (χ1) is 4.50. The minimum atomic E-state index is -6.00. The molecule has 1 aliphatic rings. The Kier molecular flexibility index (Phi) is 3.82. The Hall–Kier alpha value is -0.745. The Morgan fingerprint density at radius 2 is 1.80 bits per heavy atom. The molecule has 0 aliphatic carbocycles. The van der Waals surface area contributed by atoms with Crippen LogP contribution in [0.15, 0.2) is 4.99 Å². The Bertz CT molecular complexity index is 99.6. The van der Waals surface area contributed by atoms with Crippen LogP contribution >= 0.6 is 0 Å². The zero-order chi connectivity index (χ0) is 8.04. The van der Waals surface area contributed by atoms with E-state index in [1.165, 1.54) is 0 Å². The molecule has 7 heteroatoms. The van der Waals surface area contributed by atoms with Crippen LogP contribution in [-0.2, 0) is 0 Å². The molecule has 1 N–H and O–H groups in total. The van der Waals surface area contributed by atoms with Gasteiger partial charge in [0.15, 0.2) is 0 Å². The van der Waals surface area contributed by atoms with E-state index < -0.39 is 7.25 Å². The summed E-state index contributed by atoms with van der Waals surface area (Å²) in [6.07, 6.45) is 1.74. The smallest absolute Gasteiger partial charge is 0.418 e. The highest BCUT2D eigenvalue weighted by atomic mass is 19.5. The van der Waals surface area contributed by atoms with E-state index in [1.807, 2.05) is 0 Å². The molecule has 0 radical (unpaired) electrons. The van der Waals surface area contributed by atoms with Crippen molar-refractivity contribution in [2.45, 2.75) is 0 Å². The van der Waals surface area contributed by atoms with Crippen LogP contribution < -0.4 is 5.32 Å². The zero-order valence-corrected chi connectivity index (χ0v) is 5.03. The Morgan fingerprint density at radius 1 is 1.30 bits per heavy atom. The van der Waals surface area contributed by atoms with Crippen molar-refractivity contribution in [3.63, 3.8) is 0 Å². The average Bonchev–Trinajstić information content (AvgIpc) is 2.07. The first kappa shape index (κ1) is 9.25. The molecule has 0 aromatic rings. The van der Waals surface area contributed by atoms with E-state index in [1.54, 1.807) is 6.34 Å². The van der Waals surface area contributed by atoms with Gasteiger partial charge < -0.3 is 22.6 Å². The maximum absolute atomic E-state index is 9.75. The number of nitrogens with zero attached hydrogens (tertiary/aromatic N) is 1. The van der Waals surface area contributed by atoms with Gasteiger partial charge in [0, 0.05) is 6.54 Å². The zero-order valence-electron chi connectivity index (χ0n) is 5.03. The van der Waals surface area contributed by atoms with Crippen molar-refractivity contribution in [1.29, 1.82) is 0 Å². The summed E-state index contributed by atoms with van der Waals surface area (Å²) in [4.78, 5) is 3.85. The van der Waals surface area contributed by atoms with Gasteiger partial charge in [-0.3, -0.25) is 4.99 Å². The van der Waals surface area contributed by atoms with Crippen molar-refractivity contribution >= 4 is 13.6 Å². The molecule has 0 spiro atoms. The maximum Gasteiger partial charge on any atom is 0.673 e. The number of halogens is 4. The van der Waals surface area contributed by atoms with Crippen LogP contribution in [0.5, 0.6) is 0 Å². The number of hydrogen-bond acceptors (Lipinski definition) is 2. The highest BCUT2D eigenvalue weighted by Crippen LogP contribution is 2.06. The molecule has 0 atom stereocenters. The molecule has 1 rings (SSSR count). The number of nitrogens with one attached hydrogen (secondary N) is 1. The van der Waals surface area contributed by atoms with E-state index in [0.717, 1.165) is 13.1 Å². The summed E-state index contributed by atoms with van der Waals surface area (Å²) in [5.74, 6) is 0. The second-order valence-electron chi connectivity index (χ2n) is 1.48. The fourth-order valence-electron chi connectivity index (χ4n) is 0.323. The number of hydrogen-bond donors (Lipinski definition) is 1. The van der Waals surface area contributed by atoms with Gasteiger partial charge in [-0.2, -0.15) is 0 Å². The van der Waals surface area contributed by atoms with Gasteiger partial charge in [0.2, 0.25) is 0 Å². The molecule has 0 fully saturated rings. The molecule has 0 bridgehead atoms.